The van der Waals surface area contributed by atoms with Gasteiger partial charge in [-0.2, -0.15) is 4.98 Å². The Hall–Kier alpha value is -4.13. The standard InChI is InChI=1S/C24H21N3O4/c1-16-3-11-21(12-4-16)30-15-22(28)25-19-9-5-18(6-10-19)24-26-23(27-31-24)17-7-13-20(29-2)14-8-17/h3-14H,15H2,1-2H3,(H,25,28). The van der Waals surface area contributed by atoms with Gasteiger partial charge in [0.2, 0.25) is 5.82 Å². The maximum Gasteiger partial charge on any atom is 0.262 e. The van der Waals surface area contributed by atoms with Crippen molar-refractivity contribution in [3.05, 3.63) is 78.4 Å². The molecule has 0 saturated carbocycles. The highest BCUT2D eigenvalue weighted by Crippen LogP contribution is 2.25. The Morgan fingerprint density at radius 3 is 2.23 bits per heavy atom. The minimum atomic E-state index is -0.243. The van der Waals surface area contributed by atoms with E-state index < -0.39 is 0 Å². The Morgan fingerprint density at radius 2 is 1.55 bits per heavy atom. The van der Waals surface area contributed by atoms with Crippen molar-refractivity contribution in [2.24, 2.45) is 0 Å². The van der Waals surface area contributed by atoms with Gasteiger partial charge in [0.1, 0.15) is 11.5 Å². The zero-order valence-corrected chi connectivity index (χ0v) is 17.2. The van der Waals surface area contributed by atoms with Crippen LogP contribution < -0.4 is 14.8 Å². The Balaban J connectivity index is 1.36. The topological polar surface area (TPSA) is 86.5 Å². The van der Waals surface area contributed by atoms with Gasteiger partial charge in [-0.25, -0.2) is 0 Å². The first-order valence-corrected chi connectivity index (χ1v) is 9.68. The maximum absolute atomic E-state index is 12.1. The fraction of sp³-hybridized carbons (Fsp3) is 0.125. The Labute approximate surface area is 179 Å². The van der Waals surface area contributed by atoms with Crippen LogP contribution in [0.2, 0.25) is 0 Å². The Bertz CT molecular complexity index is 1150. The number of carbonyl (C=O) groups excluding carboxylic acids is 1. The lowest BCUT2D eigenvalue weighted by atomic mass is 10.2. The van der Waals surface area contributed by atoms with Gasteiger partial charge in [0.05, 0.1) is 7.11 Å². The molecule has 7 nitrogen and oxygen atoms in total. The number of hydrogen-bond acceptors (Lipinski definition) is 6. The molecular weight excluding hydrogens is 394 g/mol. The number of aryl methyl sites for hydroxylation is 1. The highest BCUT2D eigenvalue weighted by atomic mass is 16.5. The van der Waals surface area contributed by atoms with E-state index in [2.05, 4.69) is 15.5 Å². The van der Waals surface area contributed by atoms with Crippen LogP contribution in [0.4, 0.5) is 5.69 Å². The van der Waals surface area contributed by atoms with Crippen molar-refractivity contribution >= 4 is 11.6 Å². The fourth-order valence-electron chi connectivity index (χ4n) is 2.87. The van der Waals surface area contributed by atoms with Gasteiger partial charge in [0, 0.05) is 16.8 Å². The molecule has 0 atom stereocenters. The number of carbonyl (C=O) groups is 1. The number of ether oxygens (including phenoxy) is 2. The zero-order chi connectivity index (χ0) is 21.6. The first-order chi connectivity index (χ1) is 15.1. The van der Waals surface area contributed by atoms with Crippen LogP contribution in [0.5, 0.6) is 11.5 Å². The predicted octanol–water partition coefficient (Wildman–Crippen LogP) is 4.74. The second-order valence-electron chi connectivity index (χ2n) is 6.88. The molecule has 0 fully saturated rings. The summed E-state index contributed by atoms with van der Waals surface area (Å²) in [5.74, 6) is 2.05. The van der Waals surface area contributed by atoms with Gasteiger partial charge in [-0.05, 0) is 67.6 Å². The fourth-order valence-corrected chi connectivity index (χ4v) is 2.87. The third kappa shape index (κ3) is 5.08. The molecule has 0 aliphatic carbocycles. The van der Waals surface area contributed by atoms with E-state index >= 15 is 0 Å². The van der Waals surface area contributed by atoms with Gasteiger partial charge in [0.15, 0.2) is 6.61 Å². The van der Waals surface area contributed by atoms with Crippen LogP contribution in [0.1, 0.15) is 5.56 Å². The van der Waals surface area contributed by atoms with E-state index in [9.17, 15) is 4.79 Å². The molecule has 7 heteroatoms. The van der Waals surface area contributed by atoms with Crippen LogP contribution >= 0.6 is 0 Å². The minimum absolute atomic E-state index is 0.0697. The van der Waals surface area contributed by atoms with E-state index in [1.54, 1.807) is 19.2 Å². The normalized spacial score (nSPS) is 10.5. The van der Waals surface area contributed by atoms with Crippen molar-refractivity contribution in [1.29, 1.82) is 0 Å². The molecule has 3 aromatic carbocycles. The molecule has 156 valence electrons. The average molecular weight is 415 g/mol. The van der Waals surface area contributed by atoms with Crippen molar-refractivity contribution < 1.29 is 18.8 Å². The minimum Gasteiger partial charge on any atom is -0.497 e. The van der Waals surface area contributed by atoms with Gasteiger partial charge < -0.3 is 19.3 Å². The third-order valence-corrected chi connectivity index (χ3v) is 4.58. The summed E-state index contributed by atoms with van der Waals surface area (Å²) in [6.07, 6.45) is 0. The van der Waals surface area contributed by atoms with Gasteiger partial charge in [-0.3, -0.25) is 4.79 Å². The Morgan fingerprint density at radius 1 is 0.903 bits per heavy atom. The lowest BCUT2D eigenvalue weighted by molar-refractivity contribution is -0.118. The first kappa shape index (κ1) is 20.2. The zero-order valence-electron chi connectivity index (χ0n) is 17.2. The number of methoxy groups -OCH3 is 1. The van der Waals surface area contributed by atoms with Crippen molar-refractivity contribution in [3.8, 4) is 34.3 Å². The molecule has 4 rings (SSSR count). The molecule has 0 radical (unpaired) electrons. The quantitative estimate of drug-likeness (QED) is 0.469. The number of aromatic nitrogens is 2. The molecule has 0 bridgehead atoms. The lowest BCUT2D eigenvalue weighted by Crippen LogP contribution is -2.20. The van der Waals surface area contributed by atoms with Gasteiger partial charge in [-0.1, -0.05) is 22.9 Å². The smallest absolute Gasteiger partial charge is 0.262 e. The van der Waals surface area contributed by atoms with Crippen LogP contribution in [0.25, 0.3) is 22.8 Å². The highest BCUT2D eigenvalue weighted by molar-refractivity contribution is 5.92. The van der Waals surface area contributed by atoms with Crippen molar-refractivity contribution in [3.63, 3.8) is 0 Å². The summed E-state index contributed by atoms with van der Waals surface area (Å²) in [5.41, 5.74) is 3.36. The van der Waals surface area contributed by atoms with E-state index in [-0.39, 0.29) is 12.5 Å². The van der Waals surface area contributed by atoms with Crippen molar-refractivity contribution in [2.75, 3.05) is 19.0 Å². The summed E-state index contributed by atoms with van der Waals surface area (Å²) >= 11 is 0. The molecule has 1 aromatic heterocycles. The van der Waals surface area contributed by atoms with Gasteiger partial charge in [0.25, 0.3) is 11.8 Å². The molecule has 1 amide bonds. The van der Waals surface area contributed by atoms with Gasteiger partial charge >= 0.3 is 0 Å². The summed E-state index contributed by atoms with van der Waals surface area (Å²) in [6, 6.07) is 22.1. The lowest BCUT2D eigenvalue weighted by Gasteiger charge is -2.08. The molecule has 0 saturated heterocycles. The number of anilines is 1. The second-order valence-corrected chi connectivity index (χ2v) is 6.88. The number of rotatable bonds is 7. The molecule has 4 aromatic rings. The number of hydrogen-bond donors (Lipinski definition) is 1. The van der Waals surface area contributed by atoms with Gasteiger partial charge in [-0.15, -0.1) is 0 Å². The van der Waals surface area contributed by atoms with Crippen LogP contribution in [0.3, 0.4) is 0 Å². The largest absolute Gasteiger partial charge is 0.497 e. The van der Waals surface area contributed by atoms with E-state index in [0.717, 1.165) is 22.4 Å². The number of nitrogens with zero attached hydrogens (tertiary/aromatic N) is 2. The van der Waals surface area contributed by atoms with Crippen molar-refractivity contribution in [1.82, 2.24) is 10.1 Å². The summed E-state index contributed by atoms with van der Waals surface area (Å²) in [7, 11) is 1.62. The highest BCUT2D eigenvalue weighted by Gasteiger charge is 2.11. The molecule has 0 aliphatic rings. The predicted molar refractivity (Wildman–Crippen MR) is 117 cm³/mol. The molecule has 0 aliphatic heterocycles. The molecule has 1 N–H and O–H groups in total. The second kappa shape index (κ2) is 9.13. The third-order valence-electron chi connectivity index (χ3n) is 4.58. The van der Waals surface area contributed by atoms with E-state index in [0.29, 0.717) is 23.2 Å². The Kier molecular flexibility index (Phi) is 5.93. The molecule has 0 unspecified atom stereocenters. The van der Waals surface area contributed by atoms with Crippen LogP contribution in [0.15, 0.2) is 77.3 Å². The number of amides is 1. The van der Waals surface area contributed by atoms with E-state index in [1.807, 2.05) is 67.6 Å². The average Bonchev–Trinajstić information content (AvgIpc) is 3.29. The van der Waals surface area contributed by atoms with Crippen LogP contribution in [-0.4, -0.2) is 29.8 Å². The monoisotopic (exact) mass is 415 g/mol. The molecular formula is C24H21N3O4. The van der Waals surface area contributed by atoms with Crippen LogP contribution in [0, 0.1) is 6.92 Å². The van der Waals surface area contributed by atoms with Crippen molar-refractivity contribution in [2.45, 2.75) is 6.92 Å². The summed E-state index contributed by atoms with van der Waals surface area (Å²) in [6.45, 7) is 1.92. The summed E-state index contributed by atoms with van der Waals surface area (Å²) in [4.78, 5) is 16.6. The molecule has 1 heterocycles. The van der Waals surface area contributed by atoms with E-state index in [1.165, 1.54) is 0 Å². The van der Waals surface area contributed by atoms with Crippen LogP contribution in [-0.2, 0) is 4.79 Å². The maximum atomic E-state index is 12.1. The number of nitrogens with one attached hydrogen (secondary N) is 1. The number of benzene rings is 3. The molecule has 31 heavy (non-hydrogen) atoms. The molecule has 0 spiro atoms. The van der Waals surface area contributed by atoms with E-state index in [4.69, 9.17) is 14.0 Å². The summed E-state index contributed by atoms with van der Waals surface area (Å²) < 4.78 is 16.0. The SMILES string of the molecule is COc1ccc(-c2noc(-c3ccc(NC(=O)COc4ccc(C)cc4)cc3)n2)cc1. The summed E-state index contributed by atoms with van der Waals surface area (Å²) in [5, 5.41) is 6.84. The first-order valence-electron chi connectivity index (χ1n) is 9.68.